The zero-order chi connectivity index (χ0) is 9.68. The number of ether oxygens (including phenoxy) is 1. The van der Waals surface area contributed by atoms with Gasteiger partial charge in [0.15, 0.2) is 0 Å². The summed E-state index contributed by atoms with van der Waals surface area (Å²) in [6.07, 6.45) is 0.485. The summed E-state index contributed by atoms with van der Waals surface area (Å²) in [5.74, 6) is 0. The Morgan fingerprint density at radius 1 is 1.69 bits per heavy atom. The van der Waals surface area contributed by atoms with Crippen LogP contribution < -0.4 is 0 Å². The highest BCUT2D eigenvalue weighted by Gasteiger charge is 2.12. The van der Waals surface area contributed by atoms with Crippen LogP contribution in [0.1, 0.15) is 24.3 Å². The lowest BCUT2D eigenvalue weighted by atomic mass is 10.3. The summed E-state index contributed by atoms with van der Waals surface area (Å²) < 4.78 is 6.22. The Morgan fingerprint density at radius 2 is 2.46 bits per heavy atom. The van der Waals surface area contributed by atoms with E-state index in [-0.39, 0.29) is 0 Å². The van der Waals surface area contributed by atoms with Gasteiger partial charge < -0.3 is 9.84 Å². The standard InChI is InChI=1S/C9H13BrO2S/c1-2-4-12-6-8(11)9-7(10)3-5-13-9/h3,5,8,11H,2,4,6H2,1H3. The van der Waals surface area contributed by atoms with Gasteiger partial charge in [-0.2, -0.15) is 0 Å². The van der Waals surface area contributed by atoms with Crippen LogP contribution in [-0.4, -0.2) is 18.3 Å². The molecule has 0 amide bonds. The molecule has 0 bridgehead atoms. The van der Waals surface area contributed by atoms with Gasteiger partial charge in [-0.15, -0.1) is 11.3 Å². The summed E-state index contributed by atoms with van der Waals surface area (Å²) in [5, 5.41) is 11.6. The van der Waals surface area contributed by atoms with Crippen LogP contribution >= 0.6 is 27.3 Å². The monoisotopic (exact) mass is 264 g/mol. The van der Waals surface area contributed by atoms with Crippen molar-refractivity contribution < 1.29 is 9.84 Å². The zero-order valence-corrected chi connectivity index (χ0v) is 9.90. The first kappa shape index (κ1) is 11.2. The zero-order valence-electron chi connectivity index (χ0n) is 7.50. The fourth-order valence-corrected chi connectivity index (χ4v) is 2.57. The number of aliphatic hydroxyl groups excluding tert-OH is 1. The average molecular weight is 265 g/mol. The third-order valence-corrected chi connectivity index (χ3v) is 3.54. The van der Waals surface area contributed by atoms with Crippen LogP contribution in [0.2, 0.25) is 0 Å². The molecule has 0 aliphatic carbocycles. The molecule has 0 radical (unpaired) electrons. The second-order valence-electron chi connectivity index (χ2n) is 2.72. The van der Waals surface area contributed by atoms with Gasteiger partial charge in [0.05, 0.1) is 6.61 Å². The van der Waals surface area contributed by atoms with E-state index in [9.17, 15) is 5.11 Å². The summed E-state index contributed by atoms with van der Waals surface area (Å²) in [6, 6.07) is 1.93. The number of hydrogen-bond acceptors (Lipinski definition) is 3. The number of thiophene rings is 1. The molecular formula is C9H13BrO2S. The first-order valence-electron chi connectivity index (χ1n) is 4.24. The van der Waals surface area contributed by atoms with Crippen molar-refractivity contribution in [2.75, 3.05) is 13.2 Å². The van der Waals surface area contributed by atoms with Crippen molar-refractivity contribution in [2.24, 2.45) is 0 Å². The molecule has 1 atom stereocenters. The lowest BCUT2D eigenvalue weighted by Crippen LogP contribution is -2.06. The molecule has 0 saturated heterocycles. The van der Waals surface area contributed by atoms with Crippen molar-refractivity contribution in [3.63, 3.8) is 0 Å². The average Bonchev–Trinajstić information content (AvgIpc) is 2.52. The predicted molar refractivity (Wildman–Crippen MR) is 58.1 cm³/mol. The van der Waals surface area contributed by atoms with E-state index < -0.39 is 6.10 Å². The molecule has 0 aliphatic heterocycles. The Kier molecular flexibility index (Phi) is 4.94. The minimum atomic E-state index is -0.499. The van der Waals surface area contributed by atoms with Gasteiger partial charge in [-0.3, -0.25) is 0 Å². The molecule has 74 valence electrons. The molecule has 0 aromatic carbocycles. The van der Waals surface area contributed by atoms with E-state index in [0.29, 0.717) is 13.2 Å². The van der Waals surface area contributed by atoms with Gasteiger partial charge >= 0.3 is 0 Å². The third kappa shape index (κ3) is 3.38. The predicted octanol–water partition coefficient (Wildman–Crippen LogP) is 2.97. The van der Waals surface area contributed by atoms with Crippen LogP contribution in [0, 0.1) is 0 Å². The maximum atomic E-state index is 9.67. The largest absolute Gasteiger partial charge is 0.385 e. The molecule has 1 aromatic rings. The van der Waals surface area contributed by atoms with Crippen molar-refractivity contribution in [1.82, 2.24) is 0 Å². The van der Waals surface area contributed by atoms with Crippen LogP contribution in [0.15, 0.2) is 15.9 Å². The van der Waals surface area contributed by atoms with Crippen molar-refractivity contribution >= 4 is 27.3 Å². The molecule has 0 saturated carbocycles. The van der Waals surface area contributed by atoms with Crippen LogP contribution in [0.4, 0.5) is 0 Å². The Hall–Kier alpha value is 0.100. The normalized spacial score (nSPS) is 13.2. The van der Waals surface area contributed by atoms with Gasteiger partial charge in [0.2, 0.25) is 0 Å². The van der Waals surface area contributed by atoms with Gasteiger partial charge in [0, 0.05) is 16.0 Å². The first-order valence-corrected chi connectivity index (χ1v) is 5.91. The van der Waals surface area contributed by atoms with Gasteiger partial charge in [0.1, 0.15) is 6.10 Å². The van der Waals surface area contributed by atoms with Gasteiger partial charge in [-0.1, -0.05) is 6.92 Å². The molecule has 13 heavy (non-hydrogen) atoms. The number of rotatable bonds is 5. The maximum absolute atomic E-state index is 9.67. The van der Waals surface area contributed by atoms with Crippen LogP contribution in [0.3, 0.4) is 0 Å². The Morgan fingerprint density at radius 3 is 3.00 bits per heavy atom. The summed E-state index contributed by atoms with van der Waals surface area (Å²) in [5.41, 5.74) is 0. The highest BCUT2D eigenvalue weighted by Crippen LogP contribution is 2.28. The first-order chi connectivity index (χ1) is 6.25. The number of hydrogen-bond donors (Lipinski definition) is 1. The lowest BCUT2D eigenvalue weighted by Gasteiger charge is -2.09. The summed E-state index contributed by atoms with van der Waals surface area (Å²) >= 11 is 4.91. The number of halogens is 1. The quantitative estimate of drug-likeness (QED) is 0.829. The second kappa shape index (κ2) is 5.75. The summed E-state index contributed by atoms with van der Waals surface area (Å²) in [7, 11) is 0. The Labute approximate surface area is 90.7 Å². The molecule has 4 heteroatoms. The van der Waals surface area contributed by atoms with E-state index in [4.69, 9.17) is 4.74 Å². The molecule has 0 fully saturated rings. The second-order valence-corrected chi connectivity index (χ2v) is 4.53. The number of aliphatic hydroxyl groups is 1. The fraction of sp³-hybridized carbons (Fsp3) is 0.556. The Balaban J connectivity index is 2.39. The van der Waals surface area contributed by atoms with Gasteiger partial charge in [-0.25, -0.2) is 0 Å². The molecule has 0 spiro atoms. The fourth-order valence-electron chi connectivity index (χ4n) is 0.958. The van der Waals surface area contributed by atoms with Crippen molar-refractivity contribution in [1.29, 1.82) is 0 Å². The smallest absolute Gasteiger partial charge is 0.113 e. The molecule has 1 unspecified atom stereocenters. The van der Waals surface area contributed by atoms with Crippen molar-refractivity contribution in [2.45, 2.75) is 19.4 Å². The molecular weight excluding hydrogens is 252 g/mol. The van der Waals surface area contributed by atoms with Gasteiger partial charge in [0.25, 0.3) is 0 Å². The molecule has 1 aromatic heterocycles. The van der Waals surface area contributed by atoms with Crippen LogP contribution in [0.5, 0.6) is 0 Å². The molecule has 1 rings (SSSR count). The lowest BCUT2D eigenvalue weighted by molar-refractivity contribution is 0.0378. The van der Waals surface area contributed by atoms with Gasteiger partial charge in [-0.05, 0) is 33.8 Å². The highest BCUT2D eigenvalue weighted by atomic mass is 79.9. The van der Waals surface area contributed by atoms with E-state index >= 15 is 0 Å². The molecule has 1 heterocycles. The van der Waals surface area contributed by atoms with E-state index in [1.807, 2.05) is 18.4 Å². The minimum Gasteiger partial charge on any atom is -0.385 e. The van der Waals surface area contributed by atoms with E-state index in [0.717, 1.165) is 15.8 Å². The highest BCUT2D eigenvalue weighted by molar-refractivity contribution is 9.10. The summed E-state index contributed by atoms with van der Waals surface area (Å²) in [4.78, 5) is 0.941. The van der Waals surface area contributed by atoms with E-state index in [2.05, 4.69) is 15.9 Å². The molecule has 2 nitrogen and oxygen atoms in total. The Bertz CT molecular complexity index is 250. The van der Waals surface area contributed by atoms with Crippen LogP contribution in [0.25, 0.3) is 0 Å². The van der Waals surface area contributed by atoms with Crippen molar-refractivity contribution in [3.8, 4) is 0 Å². The van der Waals surface area contributed by atoms with Crippen LogP contribution in [-0.2, 0) is 4.74 Å². The summed E-state index contributed by atoms with van der Waals surface area (Å²) in [6.45, 7) is 3.14. The van der Waals surface area contributed by atoms with E-state index in [1.54, 1.807) is 0 Å². The minimum absolute atomic E-state index is 0.382. The SMILES string of the molecule is CCCOCC(O)c1sccc1Br. The maximum Gasteiger partial charge on any atom is 0.113 e. The van der Waals surface area contributed by atoms with E-state index in [1.165, 1.54) is 11.3 Å². The van der Waals surface area contributed by atoms with Crippen molar-refractivity contribution in [3.05, 3.63) is 20.8 Å². The molecule has 1 N–H and O–H groups in total. The molecule has 0 aliphatic rings. The third-order valence-electron chi connectivity index (χ3n) is 1.57. The topological polar surface area (TPSA) is 29.5 Å².